The van der Waals surface area contributed by atoms with Crippen LogP contribution < -0.4 is 4.74 Å². The Morgan fingerprint density at radius 1 is 1.40 bits per heavy atom. The van der Waals surface area contributed by atoms with Gasteiger partial charge in [0.1, 0.15) is 0 Å². The van der Waals surface area contributed by atoms with Crippen molar-refractivity contribution in [3.8, 4) is 11.5 Å². The second kappa shape index (κ2) is 6.30. The number of hydrogen-bond donors (Lipinski definition) is 1. The number of aromatic hydroxyl groups is 1. The molecule has 0 atom stereocenters. The Morgan fingerprint density at radius 2 is 2.20 bits per heavy atom. The van der Waals surface area contributed by atoms with Crippen molar-refractivity contribution < 1.29 is 14.6 Å². The largest absolute Gasteiger partial charge is 0.504 e. The molecule has 1 rings (SSSR count). The van der Waals surface area contributed by atoms with Gasteiger partial charge in [0.25, 0.3) is 0 Å². The second-order valence-electron chi connectivity index (χ2n) is 3.27. The number of phenols is 1. The molecule has 0 saturated heterocycles. The molecule has 0 fully saturated rings. The van der Waals surface area contributed by atoms with E-state index >= 15 is 0 Å². The number of methoxy groups -OCH3 is 1. The molecule has 0 heterocycles. The first-order valence-corrected chi connectivity index (χ1v) is 5.00. The molecule has 83 valence electrons. The van der Waals surface area contributed by atoms with Gasteiger partial charge in [0, 0.05) is 6.61 Å². The van der Waals surface area contributed by atoms with Gasteiger partial charge in [-0.3, -0.25) is 0 Å². The Balaban J connectivity index is 2.47. The summed E-state index contributed by atoms with van der Waals surface area (Å²) in [5, 5.41) is 9.37. The van der Waals surface area contributed by atoms with Crippen LogP contribution in [-0.2, 0) is 11.3 Å². The van der Waals surface area contributed by atoms with E-state index in [1.165, 1.54) is 7.11 Å². The van der Waals surface area contributed by atoms with Crippen molar-refractivity contribution in [1.82, 2.24) is 0 Å². The highest BCUT2D eigenvalue weighted by atomic mass is 16.5. The highest BCUT2D eigenvalue weighted by Gasteiger charge is 2.02. The fourth-order valence-corrected chi connectivity index (χ4v) is 1.21. The molecule has 1 N–H and O–H groups in total. The van der Waals surface area contributed by atoms with Crippen molar-refractivity contribution in [1.29, 1.82) is 0 Å². The van der Waals surface area contributed by atoms with Gasteiger partial charge in [-0.05, 0) is 24.1 Å². The summed E-state index contributed by atoms with van der Waals surface area (Å²) in [5.41, 5.74) is 0.994. The molecule has 1 radical (unpaired) electrons. The quantitative estimate of drug-likeness (QED) is 0.732. The molecule has 0 saturated carbocycles. The number of phenolic OH excluding ortho intramolecular Hbond substituents is 1. The summed E-state index contributed by atoms with van der Waals surface area (Å²) in [4.78, 5) is 0. The van der Waals surface area contributed by atoms with E-state index in [0.29, 0.717) is 19.0 Å². The lowest BCUT2D eigenvalue weighted by Crippen LogP contribution is -1.95. The van der Waals surface area contributed by atoms with Gasteiger partial charge in [-0.2, -0.15) is 0 Å². The maximum absolute atomic E-state index is 9.37. The molecule has 0 bridgehead atoms. The number of benzene rings is 1. The van der Waals surface area contributed by atoms with Crippen molar-refractivity contribution in [2.45, 2.75) is 19.4 Å². The average molecular weight is 209 g/mol. The SMILES string of the molecule is [CH2]CCCOCc1ccc(O)c(OC)c1. The first-order valence-electron chi connectivity index (χ1n) is 5.00. The van der Waals surface area contributed by atoms with Crippen molar-refractivity contribution in [2.75, 3.05) is 13.7 Å². The fourth-order valence-electron chi connectivity index (χ4n) is 1.21. The highest BCUT2D eigenvalue weighted by Crippen LogP contribution is 2.26. The number of ether oxygens (including phenoxy) is 2. The zero-order valence-electron chi connectivity index (χ0n) is 9.03. The maximum Gasteiger partial charge on any atom is 0.160 e. The second-order valence-corrected chi connectivity index (χ2v) is 3.27. The van der Waals surface area contributed by atoms with Crippen molar-refractivity contribution in [3.63, 3.8) is 0 Å². The Bertz CT molecular complexity index is 297. The van der Waals surface area contributed by atoms with Gasteiger partial charge in [0.2, 0.25) is 0 Å². The lowest BCUT2D eigenvalue weighted by atomic mass is 10.2. The van der Waals surface area contributed by atoms with Crippen LogP contribution in [0.3, 0.4) is 0 Å². The average Bonchev–Trinajstić information content (AvgIpc) is 2.26. The predicted octanol–water partition coefficient (Wildman–Crippen LogP) is 2.53. The Kier molecular flexibility index (Phi) is 4.98. The lowest BCUT2D eigenvalue weighted by molar-refractivity contribution is 0.119. The summed E-state index contributed by atoms with van der Waals surface area (Å²) in [6.07, 6.45) is 1.86. The van der Waals surface area contributed by atoms with E-state index in [4.69, 9.17) is 9.47 Å². The van der Waals surface area contributed by atoms with E-state index in [-0.39, 0.29) is 5.75 Å². The van der Waals surface area contributed by atoms with Crippen molar-refractivity contribution in [2.24, 2.45) is 0 Å². The zero-order chi connectivity index (χ0) is 11.1. The smallest absolute Gasteiger partial charge is 0.160 e. The minimum absolute atomic E-state index is 0.152. The van der Waals surface area contributed by atoms with Crippen LogP contribution in [0.2, 0.25) is 0 Å². The molecule has 0 aromatic heterocycles. The molecule has 1 aromatic carbocycles. The molecule has 0 amide bonds. The first-order chi connectivity index (χ1) is 7.27. The third-order valence-electron chi connectivity index (χ3n) is 2.05. The Hall–Kier alpha value is -1.22. The third-order valence-corrected chi connectivity index (χ3v) is 2.05. The molecule has 0 unspecified atom stereocenters. The molecular formula is C12H17O3. The van der Waals surface area contributed by atoms with Crippen LogP contribution >= 0.6 is 0 Å². The van der Waals surface area contributed by atoms with Gasteiger partial charge in [-0.25, -0.2) is 0 Å². The van der Waals surface area contributed by atoms with Gasteiger partial charge >= 0.3 is 0 Å². The number of rotatable bonds is 6. The van der Waals surface area contributed by atoms with E-state index in [9.17, 15) is 5.11 Å². The molecule has 0 aliphatic carbocycles. The van der Waals surface area contributed by atoms with E-state index in [1.54, 1.807) is 12.1 Å². The minimum Gasteiger partial charge on any atom is -0.504 e. The van der Waals surface area contributed by atoms with E-state index < -0.39 is 0 Å². The molecule has 15 heavy (non-hydrogen) atoms. The van der Waals surface area contributed by atoms with E-state index in [1.807, 2.05) is 6.07 Å². The van der Waals surface area contributed by atoms with Crippen LogP contribution in [0.15, 0.2) is 18.2 Å². The van der Waals surface area contributed by atoms with E-state index in [2.05, 4.69) is 6.92 Å². The third kappa shape index (κ3) is 3.80. The molecule has 1 aromatic rings. The van der Waals surface area contributed by atoms with Gasteiger partial charge in [0.15, 0.2) is 11.5 Å². The molecule has 0 spiro atoms. The standard InChI is InChI=1S/C12H17O3/c1-3-4-7-15-9-10-5-6-11(13)12(8-10)14-2/h5-6,8,13H,1,3-4,7,9H2,2H3. The van der Waals surface area contributed by atoms with Crippen LogP contribution in [0, 0.1) is 6.92 Å². The van der Waals surface area contributed by atoms with Crippen LogP contribution in [0.25, 0.3) is 0 Å². The van der Waals surface area contributed by atoms with E-state index in [0.717, 1.165) is 18.4 Å². The summed E-state index contributed by atoms with van der Waals surface area (Å²) in [6.45, 7) is 4.99. The summed E-state index contributed by atoms with van der Waals surface area (Å²) < 4.78 is 10.4. The zero-order valence-corrected chi connectivity index (χ0v) is 9.03. The Morgan fingerprint density at radius 3 is 2.87 bits per heavy atom. The minimum atomic E-state index is 0.152. The summed E-state index contributed by atoms with van der Waals surface area (Å²) in [6, 6.07) is 5.21. The van der Waals surface area contributed by atoms with Crippen molar-refractivity contribution in [3.05, 3.63) is 30.7 Å². The van der Waals surface area contributed by atoms with Gasteiger partial charge < -0.3 is 14.6 Å². The van der Waals surface area contributed by atoms with Crippen LogP contribution in [0.4, 0.5) is 0 Å². The van der Waals surface area contributed by atoms with Gasteiger partial charge in [-0.15, -0.1) is 0 Å². The Labute approximate surface area is 90.6 Å². The van der Waals surface area contributed by atoms with Gasteiger partial charge in [0.05, 0.1) is 13.7 Å². The molecule has 0 aliphatic rings. The molecule has 3 nitrogen and oxygen atoms in total. The molecule has 3 heteroatoms. The number of unbranched alkanes of at least 4 members (excludes halogenated alkanes) is 1. The lowest BCUT2D eigenvalue weighted by Gasteiger charge is -2.07. The predicted molar refractivity (Wildman–Crippen MR) is 58.9 cm³/mol. The maximum atomic E-state index is 9.37. The van der Waals surface area contributed by atoms with Crippen LogP contribution in [0.5, 0.6) is 11.5 Å². The summed E-state index contributed by atoms with van der Waals surface area (Å²) in [7, 11) is 1.53. The number of hydrogen-bond acceptors (Lipinski definition) is 3. The monoisotopic (exact) mass is 209 g/mol. The fraction of sp³-hybridized carbons (Fsp3) is 0.417. The topological polar surface area (TPSA) is 38.7 Å². The van der Waals surface area contributed by atoms with Gasteiger partial charge in [-0.1, -0.05) is 19.4 Å². The first kappa shape index (κ1) is 11.9. The summed E-state index contributed by atoms with van der Waals surface area (Å²) in [5.74, 6) is 0.632. The normalized spacial score (nSPS) is 10.3. The van der Waals surface area contributed by atoms with Crippen LogP contribution in [-0.4, -0.2) is 18.8 Å². The highest BCUT2D eigenvalue weighted by molar-refractivity contribution is 5.41. The molecule has 0 aliphatic heterocycles. The summed E-state index contributed by atoms with van der Waals surface area (Å²) >= 11 is 0. The van der Waals surface area contributed by atoms with Crippen molar-refractivity contribution >= 4 is 0 Å². The van der Waals surface area contributed by atoms with Crippen LogP contribution in [0.1, 0.15) is 18.4 Å². The molecular weight excluding hydrogens is 192 g/mol.